The number of aromatic nitrogens is 1. The van der Waals surface area contributed by atoms with E-state index in [0.717, 1.165) is 5.56 Å². The van der Waals surface area contributed by atoms with Gasteiger partial charge >= 0.3 is 0 Å². The van der Waals surface area contributed by atoms with Crippen molar-refractivity contribution in [1.82, 2.24) is 31.3 Å². The molecule has 4 atom stereocenters. The first-order chi connectivity index (χ1) is 21.7. The lowest BCUT2D eigenvalue weighted by atomic mass is 10.0. The van der Waals surface area contributed by atoms with Gasteiger partial charge in [0.25, 0.3) is 5.91 Å². The van der Waals surface area contributed by atoms with E-state index < -0.39 is 53.7 Å². The molecule has 1 aromatic heterocycles. The second kappa shape index (κ2) is 16.2. The van der Waals surface area contributed by atoms with Gasteiger partial charge in [-0.3, -0.25) is 24.0 Å². The second-order valence-corrected chi connectivity index (χ2v) is 12.6. The van der Waals surface area contributed by atoms with Crippen LogP contribution in [0.15, 0.2) is 28.8 Å². The number of nitrogens with zero attached hydrogens (tertiary/aromatic N) is 2. The number of benzene rings is 1. The van der Waals surface area contributed by atoms with Crippen LogP contribution < -0.4 is 26.0 Å². The van der Waals surface area contributed by atoms with Gasteiger partial charge in [0.2, 0.25) is 23.6 Å². The Labute approximate surface area is 270 Å². The predicted octanol–water partition coefficient (Wildman–Crippen LogP) is 1.91. The molecule has 1 saturated heterocycles. The number of carbonyl (C=O) groups excluding carboxylic acids is 5. The average Bonchev–Trinajstić information content (AvgIpc) is 3.38. The van der Waals surface area contributed by atoms with Crippen LogP contribution in [0.1, 0.15) is 75.3 Å². The van der Waals surface area contributed by atoms with Crippen molar-refractivity contribution >= 4 is 29.5 Å². The smallest absolute Gasteiger partial charge is 0.259 e. The number of aryl methyl sites for hydroxylation is 2. The summed E-state index contributed by atoms with van der Waals surface area (Å²) in [6.45, 7) is 12.2. The van der Waals surface area contributed by atoms with Crippen molar-refractivity contribution in [2.75, 3.05) is 20.2 Å². The molecular weight excluding hydrogens is 592 g/mol. The van der Waals surface area contributed by atoms with Gasteiger partial charge in [-0.25, -0.2) is 0 Å². The van der Waals surface area contributed by atoms with E-state index in [1.54, 1.807) is 45.2 Å². The average molecular weight is 641 g/mol. The zero-order valence-electron chi connectivity index (χ0n) is 28.1. The van der Waals surface area contributed by atoms with Crippen LogP contribution in [-0.4, -0.2) is 84.0 Å². The number of ether oxygens (including phenoxy) is 1. The summed E-state index contributed by atoms with van der Waals surface area (Å²) in [6.07, 6.45) is 0.861. The standard InChI is InChI=1S/C33H48N6O7/c1-9-24-29(21(7)46-38-24)33(44)39-16-27(19(4)5)37-30(41)20(6)34-31(42)26(15-22-10-12-23(45-8)13-11-22)36-32(43)25(14-18(2)3)35-28(40)17-39/h10-13,18-20,25-27H,9,14-17H2,1-8H3,(H,34,42)(H,35,40)(H,36,43)(H,37,41)/t20-,25+,26+,27-/m1/s1. The zero-order chi connectivity index (χ0) is 34.1. The summed E-state index contributed by atoms with van der Waals surface area (Å²) in [5.74, 6) is -1.77. The third-order valence-corrected chi connectivity index (χ3v) is 8.00. The first kappa shape index (κ1) is 36.1. The molecule has 2 heterocycles. The van der Waals surface area contributed by atoms with Crippen LogP contribution in [0.3, 0.4) is 0 Å². The van der Waals surface area contributed by atoms with Gasteiger partial charge in [0.05, 0.1) is 19.3 Å². The van der Waals surface area contributed by atoms with Crippen molar-refractivity contribution in [3.8, 4) is 5.75 Å². The Bertz CT molecular complexity index is 1390. The molecule has 0 radical (unpaired) electrons. The Morgan fingerprint density at radius 1 is 0.978 bits per heavy atom. The molecule has 4 N–H and O–H groups in total. The Balaban J connectivity index is 2.02. The molecular formula is C33H48N6O7. The molecule has 13 heteroatoms. The van der Waals surface area contributed by atoms with Crippen LogP contribution in [0.2, 0.25) is 0 Å². The lowest BCUT2D eigenvalue weighted by molar-refractivity contribution is -0.133. The van der Waals surface area contributed by atoms with E-state index in [0.29, 0.717) is 23.6 Å². The molecule has 1 aliphatic heterocycles. The molecule has 0 bridgehead atoms. The number of carbonyl (C=O) groups is 5. The Hall–Kier alpha value is -4.42. The lowest BCUT2D eigenvalue weighted by Crippen LogP contribution is -2.57. The number of hydrogen-bond acceptors (Lipinski definition) is 8. The van der Waals surface area contributed by atoms with Gasteiger partial charge < -0.3 is 35.4 Å². The minimum atomic E-state index is -1.05. The molecule has 0 saturated carbocycles. The molecule has 1 fully saturated rings. The third-order valence-electron chi connectivity index (χ3n) is 8.00. The van der Waals surface area contributed by atoms with Gasteiger partial charge in [0, 0.05) is 19.0 Å². The zero-order valence-corrected chi connectivity index (χ0v) is 28.1. The Morgan fingerprint density at radius 3 is 2.22 bits per heavy atom. The molecule has 5 amide bonds. The van der Waals surface area contributed by atoms with Crippen molar-refractivity contribution in [3.63, 3.8) is 0 Å². The summed E-state index contributed by atoms with van der Waals surface area (Å²) in [5, 5.41) is 15.3. The number of rotatable bonds is 8. The summed E-state index contributed by atoms with van der Waals surface area (Å²) in [6, 6.07) is 3.52. The number of nitrogens with one attached hydrogen (secondary N) is 4. The molecule has 2 aromatic rings. The highest BCUT2D eigenvalue weighted by Crippen LogP contribution is 2.19. The van der Waals surface area contributed by atoms with Gasteiger partial charge in [-0.1, -0.05) is 51.9 Å². The van der Waals surface area contributed by atoms with E-state index in [-0.39, 0.29) is 43.3 Å². The summed E-state index contributed by atoms with van der Waals surface area (Å²) >= 11 is 0. The van der Waals surface area contributed by atoms with Crippen LogP contribution in [0, 0.1) is 18.8 Å². The molecule has 13 nitrogen and oxygen atoms in total. The fourth-order valence-corrected chi connectivity index (χ4v) is 5.25. The summed E-state index contributed by atoms with van der Waals surface area (Å²) < 4.78 is 10.5. The normalized spacial score (nSPS) is 22.0. The molecule has 1 aliphatic rings. The van der Waals surface area contributed by atoms with E-state index in [4.69, 9.17) is 9.26 Å². The van der Waals surface area contributed by atoms with Gasteiger partial charge in [0.15, 0.2) is 0 Å². The maximum atomic E-state index is 13.9. The largest absolute Gasteiger partial charge is 0.497 e. The monoisotopic (exact) mass is 640 g/mol. The quantitative estimate of drug-likeness (QED) is 0.339. The van der Waals surface area contributed by atoms with Gasteiger partial charge in [-0.05, 0) is 56.2 Å². The Kier molecular flexibility index (Phi) is 12.7. The van der Waals surface area contributed by atoms with Crippen LogP contribution in [-0.2, 0) is 32.0 Å². The Morgan fingerprint density at radius 2 is 1.63 bits per heavy atom. The topological polar surface area (TPSA) is 172 Å². The SMILES string of the molecule is CCc1noc(C)c1C(=O)N1CC(=O)N[C@@H](CC(C)C)C(=O)N[C@@H](Cc2ccc(OC)cc2)C(=O)N[C@H](C)C(=O)N[C@@H](C(C)C)C1. The molecule has 252 valence electrons. The van der Waals surface area contributed by atoms with Crippen LogP contribution in [0.4, 0.5) is 0 Å². The maximum absolute atomic E-state index is 13.9. The van der Waals surface area contributed by atoms with Crippen LogP contribution in [0.5, 0.6) is 5.75 Å². The minimum Gasteiger partial charge on any atom is -0.497 e. The van der Waals surface area contributed by atoms with Crippen LogP contribution >= 0.6 is 0 Å². The van der Waals surface area contributed by atoms with Crippen molar-refractivity contribution < 1.29 is 33.2 Å². The minimum absolute atomic E-state index is 0.00869. The summed E-state index contributed by atoms with van der Waals surface area (Å²) in [4.78, 5) is 69.5. The van der Waals surface area contributed by atoms with Crippen molar-refractivity contribution in [2.24, 2.45) is 11.8 Å². The number of methoxy groups -OCH3 is 1. The molecule has 3 rings (SSSR count). The van der Waals surface area contributed by atoms with Crippen molar-refractivity contribution in [2.45, 2.75) is 91.9 Å². The third kappa shape index (κ3) is 9.54. The number of amides is 5. The molecule has 1 aromatic carbocycles. The highest BCUT2D eigenvalue weighted by molar-refractivity contribution is 5.99. The van der Waals surface area contributed by atoms with Gasteiger partial charge in [0.1, 0.15) is 35.2 Å². The van der Waals surface area contributed by atoms with E-state index in [1.165, 1.54) is 4.90 Å². The van der Waals surface area contributed by atoms with Gasteiger partial charge in [-0.15, -0.1) is 0 Å². The fraction of sp³-hybridized carbons (Fsp3) is 0.576. The highest BCUT2D eigenvalue weighted by Gasteiger charge is 2.34. The fourth-order valence-electron chi connectivity index (χ4n) is 5.25. The first-order valence-electron chi connectivity index (χ1n) is 15.8. The predicted molar refractivity (Wildman–Crippen MR) is 171 cm³/mol. The number of hydrogen-bond donors (Lipinski definition) is 4. The molecule has 46 heavy (non-hydrogen) atoms. The molecule has 0 unspecified atom stereocenters. The van der Waals surface area contributed by atoms with Crippen molar-refractivity contribution in [3.05, 3.63) is 46.8 Å². The first-order valence-corrected chi connectivity index (χ1v) is 15.8. The highest BCUT2D eigenvalue weighted by atomic mass is 16.5. The van der Waals surface area contributed by atoms with E-state index in [2.05, 4.69) is 26.4 Å². The summed E-state index contributed by atoms with van der Waals surface area (Å²) in [5.41, 5.74) is 1.48. The van der Waals surface area contributed by atoms with Crippen LogP contribution in [0.25, 0.3) is 0 Å². The lowest BCUT2D eigenvalue weighted by Gasteiger charge is -2.31. The maximum Gasteiger partial charge on any atom is 0.259 e. The van der Waals surface area contributed by atoms with Crippen molar-refractivity contribution in [1.29, 1.82) is 0 Å². The van der Waals surface area contributed by atoms with E-state index >= 15 is 0 Å². The van der Waals surface area contributed by atoms with Gasteiger partial charge in [-0.2, -0.15) is 0 Å². The van der Waals surface area contributed by atoms with E-state index in [1.807, 2.05) is 34.6 Å². The summed E-state index contributed by atoms with van der Waals surface area (Å²) in [7, 11) is 1.55. The molecule has 0 aliphatic carbocycles. The van der Waals surface area contributed by atoms with E-state index in [9.17, 15) is 24.0 Å². The second-order valence-electron chi connectivity index (χ2n) is 12.6. The molecule has 0 spiro atoms.